The summed E-state index contributed by atoms with van der Waals surface area (Å²) in [5.41, 5.74) is 1.11. The fourth-order valence-corrected chi connectivity index (χ4v) is 1.82. The van der Waals surface area contributed by atoms with E-state index in [4.69, 9.17) is 4.74 Å². The van der Waals surface area contributed by atoms with E-state index in [0.717, 1.165) is 31.8 Å². The molecule has 1 fully saturated rings. The summed E-state index contributed by atoms with van der Waals surface area (Å²) in [6.45, 7) is 2.77. The van der Waals surface area contributed by atoms with Crippen LogP contribution in [0.4, 0.5) is 0 Å². The van der Waals surface area contributed by atoms with E-state index >= 15 is 0 Å². The zero-order valence-corrected chi connectivity index (χ0v) is 9.15. The molecule has 2 heterocycles. The van der Waals surface area contributed by atoms with E-state index in [1.54, 1.807) is 10.9 Å². The predicted octanol–water partition coefficient (Wildman–Crippen LogP) is 0.474. The number of nitrogens with zero attached hydrogens (tertiary/aromatic N) is 3. The van der Waals surface area contributed by atoms with E-state index in [2.05, 4.69) is 15.6 Å². The van der Waals surface area contributed by atoms with Gasteiger partial charge in [-0.15, -0.1) is 5.10 Å². The first kappa shape index (κ1) is 10.6. The first-order valence-electron chi connectivity index (χ1n) is 5.52. The highest BCUT2D eigenvalue weighted by molar-refractivity contribution is 4.92. The Morgan fingerprint density at radius 3 is 3.27 bits per heavy atom. The number of hydrogen-bond acceptors (Lipinski definition) is 4. The second-order valence-corrected chi connectivity index (χ2v) is 3.95. The quantitative estimate of drug-likeness (QED) is 0.718. The van der Waals surface area contributed by atoms with Crippen molar-refractivity contribution in [2.75, 3.05) is 13.2 Å². The third-order valence-electron chi connectivity index (χ3n) is 2.78. The van der Waals surface area contributed by atoms with Crippen LogP contribution in [0, 0.1) is 0 Å². The first-order chi connectivity index (χ1) is 7.36. The summed E-state index contributed by atoms with van der Waals surface area (Å²) in [5, 5.41) is 11.1. The van der Waals surface area contributed by atoms with E-state index in [9.17, 15) is 0 Å². The number of nitrogens with one attached hydrogen (secondary N) is 1. The summed E-state index contributed by atoms with van der Waals surface area (Å²) in [4.78, 5) is 0. The molecule has 0 amide bonds. The molecule has 0 aliphatic carbocycles. The maximum absolute atomic E-state index is 5.54. The molecule has 1 saturated heterocycles. The lowest BCUT2D eigenvalue weighted by molar-refractivity contribution is 0.104. The van der Waals surface area contributed by atoms with Crippen LogP contribution in [-0.4, -0.2) is 34.2 Å². The summed E-state index contributed by atoms with van der Waals surface area (Å²) >= 11 is 0. The van der Waals surface area contributed by atoms with Crippen LogP contribution in [0.1, 0.15) is 25.0 Å². The standard InChI is InChI=1S/C10H18N4O/c1-14-9(8-12-13-14)7-11-5-4-10-3-2-6-15-10/h8,10-11H,2-7H2,1H3. The van der Waals surface area contributed by atoms with Crippen molar-refractivity contribution in [2.45, 2.75) is 31.9 Å². The van der Waals surface area contributed by atoms with Gasteiger partial charge in [-0.1, -0.05) is 5.21 Å². The molecule has 1 aliphatic heterocycles. The summed E-state index contributed by atoms with van der Waals surface area (Å²) in [6.07, 6.45) is 5.80. The minimum Gasteiger partial charge on any atom is -0.378 e. The summed E-state index contributed by atoms with van der Waals surface area (Å²) in [7, 11) is 1.91. The van der Waals surface area contributed by atoms with Crippen LogP contribution >= 0.6 is 0 Å². The highest BCUT2D eigenvalue weighted by Crippen LogP contribution is 2.14. The molecule has 5 nitrogen and oxygen atoms in total. The van der Waals surface area contributed by atoms with Crippen molar-refractivity contribution in [3.63, 3.8) is 0 Å². The van der Waals surface area contributed by atoms with Gasteiger partial charge in [-0.25, -0.2) is 0 Å². The lowest BCUT2D eigenvalue weighted by Crippen LogP contribution is -2.21. The van der Waals surface area contributed by atoms with Crippen molar-refractivity contribution in [1.82, 2.24) is 20.3 Å². The minimum absolute atomic E-state index is 0.474. The van der Waals surface area contributed by atoms with Gasteiger partial charge in [-0.2, -0.15) is 0 Å². The SMILES string of the molecule is Cn1nncc1CNCCC1CCCO1. The van der Waals surface area contributed by atoms with Gasteiger partial charge in [0.2, 0.25) is 0 Å². The Morgan fingerprint density at radius 1 is 1.67 bits per heavy atom. The van der Waals surface area contributed by atoms with Gasteiger partial charge in [0.15, 0.2) is 0 Å². The molecule has 15 heavy (non-hydrogen) atoms. The Balaban J connectivity index is 1.60. The van der Waals surface area contributed by atoms with Crippen molar-refractivity contribution in [2.24, 2.45) is 7.05 Å². The predicted molar refractivity (Wildman–Crippen MR) is 56.3 cm³/mol. The third-order valence-corrected chi connectivity index (χ3v) is 2.78. The molecule has 1 aliphatic rings. The number of hydrogen-bond donors (Lipinski definition) is 1. The van der Waals surface area contributed by atoms with Crippen molar-refractivity contribution >= 4 is 0 Å². The number of aryl methyl sites for hydroxylation is 1. The van der Waals surface area contributed by atoms with Crippen molar-refractivity contribution in [3.05, 3.63) is 11.9 Å². The zero-order chi connectivity index (χ0) is 10.5. The lowest BCUT2D eigenvalue weighted by atomic mass is 10.2. The largest absolute Gasteiger partial charge is 0.378 e. The Bertz CT molecular complexity index is 293. The van der Waals surface area contributed by atoms with Crippen LogP contribution in [0.15, 0.2) is 6.20 Å². The third kappa shape index (κ3) is 3.00. The molecule has 1 aromatic rings. The van der Waals surface area contributed by atoms with Gasteiger partial charge in [0.25, 0.3) is 0 Å². The highest BCUT2D eigenvalue weighted by Gasteiger charge is 2.14. The second kappa shape index (κ2) is 5.23. The van der Waals surface area contributed by atoms with Gasteiger partial charge in [0.1, 0.15) is 0 Å². The number of ether oxygens (including phenoxy) is 1. The minimum atomic E-state index is 0.474. The normalized spacial score (nSPS) is 21.0. The summed E-state index contributed by atoms with van der Waals surface area (Å²) < 4.78 is 7.33. The molecule has 1 N–H and O–H groups in total. The molecule has 1 atom stereocenters. The smallest absolute Gasteiger partial charge is 0.0738 e. The summed E-state index contributed by atoms with van der Waals surface area (Å²) in [5.74, 6) is 0. The van der Waals surface area contributed by atoms with Gasteiger partial charge in [0, 0.05) is 20.2 Å². The molecule has 0 saturated carbocycles. The fourth-order valence-electron chi connectivity index (χ4n) is 1.82. The Hall–Kier alpha value is -0.940. The molecule has 84 valence electrons. The Kier molecular flexibility index (Phi) is 3.69. The zero-order valence-electron chi connectivity index (χ0n) is 9.15. The van der Waals surface area contributed by atoms with Crippen molar-refractivity contribution in [1.29, 1.82) is 0 Å². The molecule has 2 rings (SSSR count). The van der Waals surface area contributed by atoms with Crippen molar-refractivity contribution in [3.8, 4) is 0 Å². The van der Waals surface area contributed by atoms with E-state index in [-0.39, 0.29) is 0 Å². The maximum Gasteiger partial charge on any atom is 0.0738 e. The molecule has 1 aromatic heterocycles. The van der Waals surface area contributed by atoms with Crippen LogP contribution in [0.25, 0.3) is 0 Å². The molecular weight excluding hydrogens is 192 g/mol. The van der Waals surface area contributed by atoms with Crippen LogP contribution in [0.3, 0.4) is 0 Å². The molecule has 5 heteroatoms. The van der Waals surface area contributed by atoms with Gasteiger partial charge in [-0.05, 0) is 25.8 Å². The number of aromatic nitrogens is 3. The highest BCUT2D eigenvalue weighted by atomic mass is 16.5. The van der Waals surface area contributed by atoms with Crippen LogP contribution in [-0.2, 0) is 18.3 Å². The average molecular weight is 210 g/mol. The lowest BCUT2D eigenvalue weighted by Gasteiger charge is -2.09. The first-order valence-corrected chi connectivity index (χ1v) is 5.52. The fraction of sp³-hybridized carbons (Fsp3) is 0.800. The monoisotopic (exact) mass is 210 g/mol. The van der Waals surface area contributed by atoms with Gasteiger partial charge in [-0.3, -0.25) is 4.68 Å². The van der Waals surface area contributed by atoms with Crippen LogP contribution in [0.5, 0.6) is 0 Å². The molecule has 0 radical (unpaired) electrons. The molecule has 0 bridgehead atoms. The van der Waals surface area contributed by atoms with E-state index in [1.807, 2.05) is 7.05 Å². The molecular formula is C10H18N4O. The maximum atomic E-state index is 5.54. The average Bonchev–Trinajstić information content (AvgIpc) is 2.85. The van der Waals surface area contributed by atoms with Gasteiger partial charge in [0.05, 0.1) is 18.0 Å². The molecule has 0 spiro atoms. The number of rotatable bonds is 5. The van der Waals surface area contributed by atoms with E-state index in [0.29, 0.717) is 6.10 Å². The van der Waals surface area contributed by atoms with Gasteiger partial charge >= 0.3 is 0 Å². The van der Waals surface area contributed by atoms with Gasteiger partial charge < -0.3 is 10.1 Å². The van der Waals surface area contributed by atoms with E-state index < -0.39 is 0 Å². The summed E-state index contributed by atoms with van der Waals surface area (Å²) in [6, 6.07) is 0. The Morgan fingerprint density at radius 2 is 2.60 bits per heavy atom. The molecule has 1 unspecified atom stereocenters. The van der Waals surface area contributed by atoms with Crippen LogP contribution in [0.2, 0.25) is 0 Å². The molecule has 0 aromatic carbocycles. The van der Waals surface area contributed by atoms with E-state index in [1.165, 1.54) is 12.8 Å². The Labute approximate surface area is 89.8 Å². The van der Waals surface area contributed by atoms with Crippen molar-refractivity contribution < 1.29 is 4.74 Å². The second-order valence-electron chi connectivity index (χ2n) is 3.95. The van der Waals surface area contributed by atoms with Crippen LogP contribution < -0.4 is 5.32 Å². The topological polar surface area (TPSA) is 52.0 Å².